The lowest BCUT2D eigenvalue weighted by Crippen LogP contribution is -2.47. The highest BCUT2D eigenvalue weighted by molar-refractivity contribution is 5.98. The molecule has 0 saturated heterocycles. The number of nitrogens with one attached hydrogen (secondary N) is 2. The fourth-order valence-corrected chi connectivity index (χ4v) is 3.94. The van der Waals surface area contributed by atoms with E-state index in [-0.39, 0.29) is 25.0 Å². The van der Waals surface area contributed by atoms with Crippen molar-refractivity contribution in [2.24, 2.45) is 5.11 Å². The molecule has 0 saturated carbocycles. The first-order chi connectivity index (χ1) is 16.8. The Bertz CT molecular complexity index is 1350. The maximum Gasteiger partial charge on any atom is 0.247 e. The molecule has 180 valence electrons. The van der Waals surface area contributed by atoms with Crippen molar-refractivity contribution >= 4 is 34.7 Å². The Labute approximate surface area is 202 Å². The summed E-state index contributed by atoms with van der Waals surface area (Å²) < 4.78 is 6.01. The van der Waals surface area contributed by atoms with Crippen molar-refractivity contribution in [3.8, 4) is 0 Å². The smallest absolute Gasteiger partial charge is 0.247 e. The Morgan fingerprint density at radius 2 is 2.17 bits per heavy atom. The van der Waals surface area contributed by atoms with Crippen LogP contribution in [0.1, 0.15) is 43.2 Å². The number of hydrogen-bond donors (Lipinski definition) is 2. The van der Waals surface area contributed by atoms with Crippen LogP contribution in [0.5, 0.6) is 0 Å². The molecule has 2 N–H and O–H groups in total. The lowest BCUT2D eigenvalue weighted by atomic mass is 10.1. The highest BCUT2D eigenvalue weighted by Crippen LogP contribution is 2.27. The van der Waals surface area contributed by atoms with Gasteiger partial charge in [-0.15, -0.1) is 0 Å². The minimum atomic E-state index is -0.720. The Morgan fingerprint density at radius 1 is 1.37 bits per heavy atom. The Balaban J connectivity index is 1.55. The number of aryl methyl sites for hydroxylation is 1. The lowest BCUT2D eigenvalue weighted by Gasteiger charge is -2.21. The average Bonchev–Trinajstić information content (AvgIpc) is 3.16. The monoisotopic (exact) mass is 473 g/mol. The molecule has 0 spiro atoms. The van der Waals surface area contributed by atoms with Gasteiger partial charge in [-0.1, -0.05) is 30.2 Å². The standard InChI is InChI=1S/C25H27N7O3/c1-4-18-19-7-5-6-8-20(19)35-21(18)14-32(15-29-31-26)22(33)10-9-16-11-17-13-28-25(2,3)24(34)30-23(17)27-12-16/h5-12,28H,4,13-15H2,1-3H3,(H,27,30,34)/b10-9+. The van der Waals surface area contributed by atoms with E-state index >= 15 is 0 Å². The van der Waals surface area contributed by atoms with Crippen molar-refractivity contribution in [3.63, 3.8) is 0 Å². The van der Waals surface area contributed by atoms with E-state index in [2.05, 4.69) is 25.6 Å². The first kappa shape index (κ1) is 24.0. The van der Waals surface area contributed by atoms with Crippen LogP contribution >= 0.6 is 0 Å². The quantitative estimate of drug-likeness (QED) is 0.225. The van der Waals surface area contributed by atoms with Gasteiger partial charge in [0.25, 0.3) is 0 Å². The number of aromatic nitrogens is 1. The molecule has 2 amide bonds. The number of furan rings is 1. The Hall–Kier alpha value is -4.14. The average molecular weight is 474 g/mol. The number of nitrogens with zero attached hydrogens (tertiary/aromatic N) is 5. The van der Waals surface area contributed by atoms with Crippen LogP contribution in [0, 0.1) is 0 Å². The van der Waals surface area contributed by atoms with Crippen molar-refractivity contribution in [2.75, 3.05) is 12.0 Å². The molecule has 4 rings (SSSR count). The van der Waals surface area contributed by atoms with Crippen LogP contribution in [0.25, 0.3) is 27.5 Å². The zero-order valence-electron chi connectivity index (χ0n) is 19.9. The minimum Gasteiger partial charge on any atom is -0.459 e. The first-order valence-electron chi connectivity index (χ1n) is 11.3. The molecule has 3 heterocycles. The second-order valence-corrected chi connectivity index (χ2v) is 8.80. The minimum absolute atomic E-state index is 0.132. The van der Waals surface area contributed by atoms with Crippen molar-refractivity contribution in [3.05, 3.63) is 75.5 Å². The number of anilines is 1. The molecule has 2 aromatic heterocycles. The molecule has 10 heteroatoms. The topological polar surface area (TPSA) is 136 Å². The van der Waals surface area contributed by atoms with Gasteiger partial charge in [0.2, 0.25) is 11.8 Å². The SMILES string of the molecule is CCc1c(CN(CN=[N+]=[N-])C(=O)/C=C/c2cnc3c(c2)CNC(C)(C)C(=O)N3)oc2ccccc12. The van der Waals surface area contributed by atoms with Crippen molar-refractivity contribution < 1.29 is 14.0 Å². The van der Waals surface area contributed by atoms with E-state index < -0.39 is 5.54 Å². The van der Waals surface area contributed by atoms with Crippen LogP contribution in [0.3, 0.4) is 0 Å². The highest BCUT2D eigenvalue weighted by atomic mass is 16.3. The van der Waals surface area contributed by atoms with Gasteiger partial charge < -0.3 is 14.6 Å². The fourth-order valence-electron chi connectivity index (χ4n) is 3.94. The predicted octanol–water partition coefficient (Wildman–Crippen LogP) is 4.52. The normalized spacial score (nSPS) is 14.8. The van der Waals surface area contributed by atoms with Gasteiger partial charge in [0.15, 0.2) is 0 Å². The zero-order valence-corrected chi connectivity index (χ0v) is 19.9. The largest absolute Gasteiger partial charge is 0.459 e. The third-order valence-corrected chi connectivity index (χ3v) is 6.01. The summed E-state index contributed by atoms with van der Waals surface area (Å²) >= 11 is 0. The van der Waals surface area contributed by atoms with Crippen LogP contribution in [0.15, 0.2) is 52.1 Å². The number of carbonyl (C=O) groups is 2. The zero-order chi connectivity index (χ0) is 25.0. The van der Waals surface area contributed by atoms with E-state index in [0.717, 1.165) is 28.5 Å². The molecular weight excluding hydrogens is 446 g/mol. The molecule has 0 radical (unpaired) electrons. The molecule has 0 fully saturated rings. The van der Waals surface area contributed by atoms with Gasteiger partial charge in [-0.2, -0.15) is 0 Å². The molecule has 10 nitrogen and oxygen atoms in total. The number of azide groups is 1. The van der Waals surface area contributed by atoms with Crippen molar-refractivity contribution in [1.29, 1.82) is 0 Å². The highest BCUT2D eigenvalue weighted by Gasteiger charge is 2.30. The van der Waals surface area contributed by atoms with E-state index in [1.807, 2.05) is 37.3 Å². The molecule has 1 aliphatic rings. The van der Waals surface area contributed by atoms with E-state index in [0.29, 0.717) is 23.7 Å². The number of hydrogen-bond acceptors (Lipinski definition) is 6. The van der Waals surface area contributed by atoms with Crippen molar-refractivity contribution in [1.82, 2.24) is 15.2 Å². The summed E-state index contributed by atoms with van der Waals surface area (Å²) in [7, 11) is 0. The van der Waals surface area contributed by atoms with Gasteiger partial charge in [-0.25, -0.2) is 4.98 Å². The van der Waals surface area contributed by atoms with Gasteiger partial charge in [0.05, 0.1) is 12.1 Å². The molecule has 0 bridgehead atoms. The van der Waals surface area contributed by atoms with Gasteiger partial charge in [0, 0.05) is 40.2 Å². The molecule has 3 aromatic rings. The predicted molar refractivity (Wildman–Crippen MR) is 133 cm³/mol. The summed E-state index contributed by atoms with van der Waals surface area (Å²) in [4.78, 5) is 33.9. The van der Waals surface area contributed by atoms with Crippen LogP contribution in [0.4, 0.5) is 5.82 Å². The third-order valence-electron chi connectivity index (χ3n) is 6.01. The van der Waals surface area contributed by atoms with Gasteiger partial charge in [-0.05, 0) is 49.6 Å². The number of rotatable bonds is 7. The molecule has 0 aliphatic carbocycles. The number of pyridine rings is 1. The van der Waals surface area contributed by atoms with Gasteiger partial charge in [0.1, 0.15) is 23.8 Å². The van der Waals surface area contributed by atoms with Crippen molar-refractivity contribution in [2.45, 2.75) is 45.8 Å². The maximum absolute atomic E-state index is 13.0. The van der Waals surface area contributed by atoms with Crippen LogP contribution in [0.2, 0.25) is 0 Å². The van der Waals surface area contributed by atoms with Gasteiger partial charge >= 0.3 is 0 Å². The number of para-hydroxylation sites is 1. The van der Waals surface area contributed by atoms with Crippen LogP contribution in [-0.4, -0.2) is 33.9 Å². The molecule has 35 heavy (non-hydrogen) atoms. The fraction of sp³-hybridized carbons (Fsp3) is 0.320. The molecule has 0 unspecified atom stereocenters. The Morgan fingerprint density at radius 3 is 2.94 bits per heavy atom. The second-order valence-electron chi connectivity index (χ2n) is 8.80. The molecule has 0 atom stereocenters. The van der Waals surface area contributed by atoms with E-state index in [1.165, 1.54) is 11.0 Å². The Kier molecular flexibility index (Phi) is 6.86. The summed E-state index contributed by atoms with van der Waals surface area (Å²) in [5, 5.41) is 10.6. The van der Waals surface area contributed by atoms with Crippen LogP contribution < -0.4 is 10.6 Å². The number of carbonyl (C=O) groups excluding carboxylic acids is 2. The molecule has 1 aliphatic heterocycles. The summed E-state index contributed by atoms with van der Waals surface area (Å²) in [5.74, 6) is 0.675. The van der Waals surface area contributed by atoms with E-state index in [9.17, 15) is 9.59 Å². The van der Waals surface area contributed by atoms with E-state index in [4.69, 9.17) is 9.95 Å². The summed E-state index contributed by atoms with van der Waals surface area (Å²) in [6.07, 6.45) is 5.40. The third kappa shape index (κ3) is 5.18. The first-order valence-corrected chi connectivity index (χ1v) is 11.3. The van der Waals surface area contributed by atoms with E-state index in [1.54, 1.807) is 26.1 Å². The number of fused-ring (bicyclic) bond motifs is 2. The molecule has 1 aromatic carbocycles. The lowest BCUT2D eigenvalue weighted by molar-refractivity contribution is -0.126. The summed E-state index contributed by atoms with van der Waals surface area (Å²) in [6.45, 7) is 6.14. The molecular formula is C25H27N7O3. The summed E-state index contributed by atoms with van der Waals surface area (Å²) in [6, 6.07) is 9.60. The summed E-state index contributed by atoms with van der Waals surface area (Å²) in [5.41, 5.74) is 11.4. The van der Waals surface area contributed by atoms with Gasteiger partial charge in [-0.3, -0.25) is 14.9 Å². The second kappa shape index (κ2) is 10.0. The van der Waals surface area contributed by atoms with Crippen LogP contribution in [-0.2, 0) is 29.1 Å². The number of amides is 2. The maximum atomic E-state index is 13.0. The number of benzene rings is 1.